The standard InChI is InChI=1S/C9H16O2S2/c1-4-5-12-9-7(3)6(2)8(10)13(9)11/h4-10H,1-3H3/b5-4+/t6-,7-,8-,9-,13?/m1/s1. The Bertz CT molecular complexity index is 228. The second-order valence-corrected chi connectivity index (χ2v) is 6.41. The fourth-order valence-electron chi connectivity index (χ4n) is 1.40. The SMILES string of the molecule is C/C=C/S[C@H]1[C@H](C)[C@@H](C)[C@H](O)S1=O. The van der Waals surface area contributed by atoms with Crippen molar-refractivity contribution in [1.29, 1.82) is 0 Å². The smallest absolute Gasteiger partial charge is 0.133 e. The van der Waals surface area contributed by atoms with Crippen LogP contribution >= 0.6 is 11.8 Å². The maximum Gasteiger partial charge on any atom is 0.133 e. The molecule has 0 saturated carbocycles. The summed E-state index contributed by atoms with van der Waals surface area (Å²) in [6.07, 6.45) is 1.93. The van der Waals surface area contributed by atoms with Gasteiger partial charge in [-0.25, -0.2) is 0 Å². The van der Waals surface area contributed by atoms with Crippen LogP contribution in [-0.2, 0) is 10.8 Å². The molecule has 1 aliphatic heterocycles. The molecular formula is C9H16O2S2. The van der Waals surface area contributed by atoms with E-state index in [-0.39, 0.29) is 10.5 Å². The summed E-state index contributed by atoms with van der Waals surface area (Å²) in [6.45, 7) is 5.96. The Labute approximate surface area is 86.3 Å². The van der Waals surface area contributed by atoms with Gasteiger partial charge in [0.05, 0.1) is 15.4 Å². The van der Waals surface area contributed by atoms with E-state index in [0.717, 1.165) is 0 Å². The van der Waals surface area contributed by atoms with Crippen molar-refractivity contribution in [2.24, 2.45) is 11.8 Å². The largest absolute Gasteiger partial charge is 0.379 e. The number of rotatable bonds is 2. The van der Waals surface area contributed by atoms with E-state index in [4.69, 9.17) is 0 Å². The number of aliphatic hydroxyl groups excluding tert-OH is 1. The third-order valence-electron chi connectivity index (χ3n) is 2.52. The first-order valence-electron chi connectivity index (χ1n) is 4.43. The maximum absolute atomic E-state index is 11.6. The van der Waals surface area contributed by atoms with Crippen molar-refractivity contribution < 1.29 is 9.32 Å². The van der Waals surface area contributed by atoms with Crippen LogP contribution in [0.15, 0.2) is 11.5 Å². The van der Waals surface area contributed by atoms with E-state index in [0.29, 0.717) is 5.92 Å². The zero-order valence-electron chi connectivity index (χ0n) is 8.14. The summed E-state index contributed by atoms with van der Waals surface area (Å²) in [4.78, 5) is 0. The Kier molecular flexibility index (Phi) is 4.01. The Hall–Kier alpha value is 0.200. The second kappa shape index (κ2) is 4.62. The lowest BCUT2D eigenvalue weighted by molar-refractivity contribution is 0.182. The number of allylic oxidation sites excluding steroid dienone is 1. The van der Waals surface area contributed by atoms with E-state index in [2.05, 4.69) is 6.92 Å². The molecule has 1 N–H and O–H groups in total. The Morgan fingerprint density at radius 2 is 2.00 bits per heavy atom. The van der Waals surface area contributed by atoms with Gasteiger partial charge in [0.1, 0.15) is 5.44 Å². The van der Waals surface area contributed by atoms with Crippen molar-refractivity contribution in [2.45, 2.75) is 30.8 Å². The maximum atomic E-state index is 11.6. The average molecular weight is 220 g/mol. The number of hydrogen-bond donors (Lipinski definition) is 1. The summed E-state index contributed by atoms with van der Waals surface area (Å²) in [6, 6.07) is 0. The Morgan fingerprint density at radius 1 is 1.38 bits per heavy atom. The van der Waals surface area contributed by atoms with Crippen molar-refractivity contribution in [3.05, 3.63) is 11.5 Å². The minimum atomic E-state index is -1.10. The zero-order valence-corrected chi connectivity index (χ0v) is 9.77. The minimum absolute atomic E-state index is 0.0567. The van der Waals surface area contributed by atoms with Crippen molar-refractivity contribution in [1.82, 2.24) is 0 Å². The molecule has 1 unspecified atom stereocenters. The molecule has 0 spiro atoms. The van der Waals surface area contributed by atoms with Crippen molar-refractivity contribution in [2.75, 3.05) is 0 Å². The van der Waals surface area contributed by atoms with Gasteiger partial charge in [0, 0.05) is 0 Å². The van der Waals surface area contributed by atoms with E-state index in [1.54, 1.807) is 11.8 Å². The third kappa shape index (κ3) is 2.17. The molecule has 0 aliphatic carbocycles. The van der Waals surface area contributed by atoms with Crippen LogP contribution in [0.4, 0.5) is 0 Å². The monoisotopic (exact) mass is 220 g/mol. The number of aliphatic hydroxyl groups is 1. The van der Waals surface area contributed by atoms with Gasteiger partial charge < -0.3 is 5.11 Å². The van der Waals surface area contributed by atoms with E-state index in [1.165, 1.54) is 0 Å². The summed E-state index contributed by atoms with van der Waals surface area (Å²) >= 11 is 1.57. The fourth-order valence-corrected chi connectivity index (χ4v) is 4.80. The highest BCUT2D eigenvalue weighted by molar-refractivity contribution is 8.13. The fraction of sp³-hybridized carbons (Fsp3) is 0.778. The summed E-state index contributed by atoms with van der Waals surface area (Å²) in [5.41, 5.74) is -0.641. The van der Waals surface area contributed by atoms with E-state index in [1.807, 2.05) is 25.3 Å². The molecule has 4 heteroatoms. The summed E-state index contributed by atoms with van der Waals surface area (Å²) in [5.74, 6) is 0.459. The Balaban J connectivity index is 2.69. The quantitative estimate of drug-likeness (QED) is 0.772. The summed E-state index contributed by atoms with van der Waals surface area (Å²) < 4.78 is 11.7. The molecule has 0 aromatic carbocycles. The summed E-state index contributed by atoms with van der Waals surface area (Å²) in [7, 11) is -1.10. The lowest BCUT2D eigenvalue weighted by atomic mass is 9.99. The van der Waals surface area contributed by atoms with Gasteiger partial charge in [-0.2, -0.15) is 0 Å². The predicted molar refractivity (Wildman–Crippen MR) is 58.7 cm³/mol. The van der Waals surface area contributed by atoms with Gasteiger partial charge in [-0.3, -0.25) is 4.21 Å². The van der Waals surface area contributed by atoms with Crippen LogP contribution in [0.5, 0.6) is 0 Å². The number of thioether (sulfide) groups is 1. The van der Waals surface area contributed by atoms with E-state index >= 15 is 0 Å². The normalized spacial score (nSPS) is 46.0. The molecule has 0 radical (unpaired) electrons. The highest BCUT2D eigenvalue weighted by Gasteiger charge is 2.43. The van der Waals surface area contributed by atoms with Crippen molar-refractivity contribution >= 4 is 22.6 Å². The molecule has 5 atom stereocenters. The van der Waals surface area contributed by atoms with Crippen LogP contribution in [0, 0.1) is 11.8 Å². The molecule has 1 aliphatic rings. The molecule has 76 valence electrons. The van der Waals surface area contributed by atoms with E-state index in [9.17, 15) is 9.32 Å². The second-order valence-electron chi connectivity index (χ2n) is 3.41. The molecular weight excluding hydrogens is 204 g/mol. The molecule has 1 fully saturated rings. The van der Waals surface area contributed by atoms with Gasteiger partial charge >= 0.3 is 0 Å². The van der Waals surface area contributed by atoms with Crippen LogP contribution in [0.25, 0.3) is 0 Å². The van der Waals surface area contributed by atoms with Crippen LogP contribution < -0.4 is 0 Å². The molecule has 0 aromatic heterocycles. The first-order chi connectivity index (χ1) is 6.09. The molecule has 13 heavy (non-hydrogen) atoms. The van der Waals surface area contributed by atoms with Crippen molar-refractivity contribution in [3.8, 4) is 0 Å². The molecule has 0 aromatic rings. The van der Waals surface area contributed by atoms with E-state index < -0.39 is 16.2 Å². The third-order valence-corrected chi connectivity index (χ3v) is 6.35. The van der Waals surface area contributed by atoms with Crippen LogP contribution in [-0.4, -0.2) is 19.3 Å². The lowest BCUT2D eigenvalue weighted by Crippen LogP contribution is -2.15. The molecule has 0 amide bonds. The first-order valence-corrected chi connectivity index (χ1v) is 6.65. The molecule has 0 bridgehead atoms. The van der Waals surface area contributed by atoms with Crippen LogP contribution in [0.1, 0.15) is 20.8 Å². The van der Waals surface area contributed by atoms with Crippen LogP contribution in [0.3, 0.4) is 0 Å². The highest BCUT2D eigenvalue weighted by atomic mass is 32.2. The topological polar surface area (TPSA) is 37.3 Å². The van der Waals surface area contributed by atoms with Gasteiger partial charge in [0.15, 0.2) is 0 Å². The predicted octanol–water partition coefficient (Wildman–Crippen LogP) is 1.93. The van der Waals surface area contributed by atoms with Gasteiger partial charge in [0.2, 0.25) is 0 Å². The summed E-state index contributed by atoms with van der Waals surface area (Å²) in [5, 5.41) is 11.5. The van der Waals surface area contributed by atoms with Gasteiger partial charge in [-0.05, 0) is 24.2 Å². The molecule has 1 rings (SSSR count). The van der Waals surface area contributed by atoms with Crippen molar-refractivity contribution in [3.63, 3.8) is 0 Å². The molecule has 2 nitrogen and oxygen atoms in total. The zero-order chi connectivity index (χ0) is 10.0. The Morgan fingerprint density at radius 3 is 2.38 bits per heavy atom. The highest BCUT2D eigenvalue weighted by Crippen LogP contribution is 2.39. The number of hydrogen-bond acceptors (Lipinski definition) is 3. The average Bonchev–Trinajstić information content (AvgIpc) is 2.30. The van der Waals surface area contributed by atoms with Gasteiger partial charge in [0.25, 0.3) is 0 Å². The van der Waals surface area contributed by atoms with Gasteiger partial charge in [-0.1, -0.05) is 19.9 Å². The van der Waals surface area contributed by atoms with Crippen LogP contribution in [0.2, 0.25) is 0 Å². The molecule has 1 heterocycles. The molecule has 1 saturated heterocycles. The van der Waals surface area contributed by atoms with Gasteiger partial charge in [-0.15, -0.1) is 11.8 Å². The first kappa shape index (κ1) is 11.3. The lowest BCUT2D eigenvalue weighted by Gasteiger charge is -2.13. The minimum Gasteiger partial charge on any atom is -0.379 e.